The lowest BCUT2D eigenvalue weighted by atomic mass is 10.1. The van der Waals surface area contributed by atoms with Gasteiger partial charge in [-0.15, -0.1) is 0 Å². The second-order valence-electron chi connectivity index (χ2n) is 5.53. The molecule has 1 atom stereocenters. The summed E-state index contributed by atoms with van der Waals surface area (Å²) in [4.78, 5) is 0. The van der Waals surface area contributed by atoms with Crippen molar-refractivity contribution in [3.8, 4) is 5.75 Å². The number of amidine groups is 1. The Hall–Kier alpha value is -1.56. The summed E-state index contributed by atoms with van der Waals surface area (Å²) < 4.78 is 24.0. The third-order valence-corrected chi connectivity index (χ3v) is 4.51. The molecule has 1 saturated carbocycles. The maximum atomic E-state index is 11.4. The Morgan fingerprint density at radius 3 is 2.46 bits per heavy atom. The van der Waals surface area contributed by atoms with Crippen LogP contribution in [0.2, 0.25) is 0 Å². The number of nitrogens with zero attached hydrogens (tertiary/aromatic N) is 1. The van der Waals surface area contributed by atoms with Gasteiger partial charge in [-0.1, -0.05) is 46.6 Å². The molecule has 6 heteroatoms. The monoisotopic (exact) mass is 353 g/mol. The summed E-state index contributed by atoms with van der Waals surface area (Å²) in [6, 6.07) is 5.58. The Balaban J connectivity index is 0.000000423. The minimum Gasteiger partial charge on any atom is -0.490 e. The first kappa shape index (κ1) is 20.5. The first-order valence-electron chi connectivity index (χ1n) is 8.98. The molecule has 3 rings (SSSR count). The van der Waals surface area contributed by atoms with Crippen molar-refractivity contribution >= 4 is 22.7 Å². The number of anilines is 1. The molecule has 5 nitrogen and oxygen atoms in total. The Bertz CT molecular complexity index is 553. The van der Waals surface area contributed by atoms with E-state index in [0.717, 1.165) is 29.8 Å². The molecular formula is C18H31N3O2S. The minimum absolute atomic E-state index is 0.261. The predicted molar refractivity (Wildman–Crippen MR) is 104 cm³/mol. The highest BCUT2D eigenvalue weighted by Gasteiger charge is 2.23. The number of benzene rings is 1. The predicted octanol–water partition coefficient (Wildman–Crippen LogP) is 4.55. The van der Waals surface area contributed by atoms with Gasteiger partial charge >= 0.3 is 0 Å². The van der Waals surface area contributed by atoms with E-state index in [-0.39, 0.29) is 11.9 Å². The molecule has 0 saturated heterocycles. The zero-order chi connectivity index (χ0) is 17.9. The molecule has 0 radical (unpaired) electrons. The van der Waals surface area contributed by atoms with Gasteiger partial charge in [0.1, 0.15) is 11.6 Å². The van der Waals surface area contributed by atoms with Crippen molar-refractivity contribution in [3.05, 3.63) is 23.8 Å². The Morgan fingerprint density at radius 2 is 1.88 bits per heavy atom. The van der Waals surface area contributed by atoms with Crippen LogP contribution in [0.1, 0.15) is 71.8 Å². The van der Waals surface area contributed by atoms with Gasteiger partial charge in [0.25, 0.3) is 0 Å². The van der Waals surface area contributed by atoms with Crippen LogP contribution in [0, 0.1) is 0 Å². The molecule has 0 amide bonds. The van der Waals surface area contributed by atoms with Crippen LogP contribution in [0.4, 0.5) is 5.69 Å². The molecule has 1 heterocycles. The quantitative estimate of drug-likeness (QED) is 0.837. The van der Waals surface area contributed by atoms with E-state index in [9.17, 15) is 4.21 Å². The minimum atomic E-state index is -1.49. The molecule has 0 spiro atoms. The van der Waals surface area contributed by atoms with Gasteiger partial charge in [-0.05, 0) is 37.8 Å². The van der Waals surface area contributed by atoms with E-state index < -0.39 is 11.2 Å². The first-order valence-corrected chi connectivity index (χ1v) is 10.1. The third kappa shape index (κ3) is 5.82. The van der Waals surface area contributed by atoms with Crippen LogP contribution in [0.3, 0.4) is 0 Å². The Labute approximate surface area is 148 Å². The second kappa shape index (κ2) is 11.1. The molecule has 1 unspecified atom stereocenters. The van der Waals surface area contributed by atoms with Gasteiger partial charge in [0, 0.05) is 0 Å². The third-order valence-electron chi connectivity index (χ3n) is 3.76. The van der Waals surface area contributed by atoms with Gasteiger partial charge in [0.05, 0.1) is 17.4 Å². The summed E-state index contributed by atoms with van der Waals surface area (Å²) in [7, 11) is 0. The van der Waals surface area contributed by atoms with Crippen LogP contribution in [-0.4, -0.2) is 16.1 Å². The zero-order valence-corrected chi connectivity index (χ0v) is 16.1. The number of unbranched alkanes of at least 4 members (excludes halogenated alkanes) is 1. The van der Waals surface area contributed by atoms with Gasteiger partial charge in [-0.3, -0.25) is 4.72 Å². The molecule has 1 aromatic rings. The van der Waals surface area contributed by atoms with Crippen molar-refractivity contribution in [2.45, 2.75) is 72.3 Å². The van der Waals surface area contributed by atoms with Gasteiger partial charge in [0.15, 0.2) is 0 Å². The van der Waals surface area contributed by atoms with Crippen LogP contribution in [0.15, 0.2) is 22.6 Å². The van der Waals surface area contributed by atoms with E-state index in [4.69, 9.17) is 10.5 Å². The lowest BCUT2D eigenvalue weighted by Gasteiger charge is -2.20. The van der Waals surface area contributed by atoms with Crippen LogP contribution in [0.25, 0.3) is 0 Å². The van der Waals surface area contributed by atoms with Gasteiger partial charge in [0.2, 0.25) is 11.2 Å². The molecule has 3 N–H and O–H groups in total. The molecular weight excluding hydrogens is 322 g/mol. The molecule has 24 heavy (non-hydrogen) atoms. The second-order valence-corrected chi connectivity index (χ2v) is 6.42. The molecule has 1 aliphatic carbocycles. The SMILES string of the molecule is CC.CCCC.NC1=NS(=O)Nc2cccc(OC3CCCC3)c21. The smallest absolute Gasteiger partial charge is 0.245 e. The number of nitrogens with one attached hydrogen (secondary N) is 1. The van der Waals surface area contributed by atoms with Crippen LogP contribution >= 0.6 is 0 Å². The number of ether oxygens (including phenoxy) is 1. The number of hydrogen-bond donors (Lipinski definition) is 2. The molecule has 1 aliphatic heterocycles. The fourth-order valence-electron chi connectivity index (χ4n) is 2.42. The van der Waals surface area contributed by atoms with E-state index in [1.165, 1.54) is 25.7 Å². The fourth-order valence-corrected chi connectivity index (χ4v) is 3.09. The Kier molecular flexibility index (Phi) is 9.45. The van der Waals surface area contributed by atoms with E-state index in [1.807, 2.05) is 32.0 Å². The highest BCUT2D eigenvalue weighted by molar-refractivity contribution is 7.85. The maximum Gasteiger partial charge on any atom is 0.245 e. The summed E-state index contributed by atoms with van der Waals surface area (Å²) in [6.45, 7) is 8.36. The first-order chi connectivity index (χ1) is 11.7. The lowest BCUT2D eigenvalue weighted by molar-refractivity contribution is 0.210. The van der Waals surface area contributed by atoms with Crippen molar-refractivity contribution in [2.24, 2.45) is 10.1 Å². The highest BCUT2D eigenvalue weighted by atomic mass is 32.2. The van der Waals surface area contributed by atoms with Crippen LogP contribution in [0.5, 0.6) is 5.75 Å². The number of hydrogen-bond acceptors (Lipinski definition) is 3. The van der Waals surface area contributed by atoms with Crippen molar-refractivity contribution in [2.75, 3.05) is 4.72 Å². The topological polar surface area (TPSA) is 76.7 Å². The normalized spacial score (nSPS) is 18.8. The largest absolute Gasteiger partial charge is 0.490 e. The summed E-state index contributed by atoms with van der Waals surface area (Å²) in [6.07, 6.45) is 7.49. The summed E-state index contributed by atoms with van der Waals surface area (Å²) in [5, 5.41) is 0. The molecule has 0 bridgehead atoms. The summed E-state index contributed by atoms with van der Waals surface area (Å²) in [5.74, 6) is 1.00. The fraction of sp³-hybridized carbons (Fsp3) is 0.611. The van der Waals surface area contributed by atoms with Gasteiger partial charge in [-0.2, -0.15) is 4.40 Å². The van der Waals surface area contributed by atoms with Crippen molar-refractivity contribution in [3.63, 3.8) is 0 Å². The molecule has 1 fully saturated rings. The van der Waals surface area contributed by atoms with Crippen molar-refractivity contribution in [1.82, 2.24) is 0 Å². The highest BCUT2D eigenvalue weighted by Crippen LogP contribution is 2.32. The Morgan fingerprint density at radius 1 is 1.25 bits per heavy atom. The number of fused-ring (bicyclic) bond motifs is 1. The molecule has 1 aromatic carbocycles. The van der Waals surface area contributed by atoms with Gasteiger partial charge in [-0.25, -0.2) is 4.21 Å². The lowest BCUT2D eigenvalue weighted by Crippen LogP contribution is -2.25. The average molecular weight is 354 g/mol. The number of rotatable bonds is 3. The summed E-state index contributed by atoms with van der Waals surface area (Å²) in [5.41, 5.74) is 7.29. The average Bonchev–Trinajstić information content (AvgIpc) is 3.09. The maximum absolute atomic E-state index is 11.4. The van der Waals surface area contributed by atoms with Crippen molar-refractivity contribution < 1.29 is 8.95 Å². The molecule has 0 aromatic heterocycles. The van der Waals surface area contributed by atoms with E-state index in [2.05, 4.69) is 23.0 Å². The van der Waals surface area contributed by atoms with E-state index in [0.29, 0.717) is 0 Å². The van der Waals surface area contributed by atoms with Gasteiger partial charge < -0.3 is 10.5 Å². The number of nitrogens with two attached hydrogens (primary N) is 1. The standard InChI is InChI=1S/C12H15N3O2S.C4H10.C2H6/c13-12-11-9(14-18(16)15-12)6-3-7-10(11)17-8-4-1-2-5-8;1-3-4-2;1-2/h3,6-8,14H,1-2,4-5H2,(H2,13,15);3-4H2,1-2H3;1-2H3. The zero-order valence-electron chi connectivity index (χ0n) is 15.3. The summed E-state index contributed by atoms with van der Waals surface area (Å²) >= 11 is -1.49. The molecule has 136 valence electrons. The van der Waals surface area contributed by atoms with Crippen molar-refractivity contribution in [1.29, 1.82) is 0 Å². The van der Waals surface area contributed by atoms with Crippen LogP contribution < -0.4 is 15.2 Å². The molecule has 2 aliphatic rings. The van der Waals surface area contributed by atoms with E-state index >= 15 is 0 Å². The van der Waals surface area contributed by atoms with Crippen LogP contribution in [-0.2, 0) is 11.2 Å². The van der Waals surface area contributed by atoms with E-state index in [1.54, 1.807) is 0 Å².